The van der Waals surface area contributed by atoms with Gasteiger partial charge in [-0.05, 0) is 26.2 Å². The predicted molar refractivity (Wildman–Crippen MR) is 66.0 cm³/mol. The molecule has 0 saturated carbocycles. The molecule has 0 aliphatic rings. The van der Waals surface area contributed by atoms with Gasteiger partial charge < -0.3 is 16.2 Å². The van der Waals surface area contributed by atoms with Crippen LogP contribution in [0.3, 0.4) is 0 Å². The molecule has 2 unspecified atom stereocenters. The summed E-state index contributed by atoms with van der Waals surface area (Å²) in [6.45, 7) is 5.85. The molecule has 0 heterocycles. The summed E-state index contributed by atoms with van der Waals surface area (Å²) in [5.41, 5.74) is 5.64. The Bertz CT molecular complexity index is 191. The Hall–Kier alpha value is -0.610. The van der Waals surface area contributed by atoms with Crippen LogP contribution in [0.25, 0.3) is 0 Å². The first-order chi connectivity index (χ1) is 7.51. The molecular formula is C12H26N2O2. The highest BCUT2D eigenvalue weighted by Crippen LogP contribution is 2.09. The lowest BCUT2D eigenvalue weighted by Gasteiger charge is -2.18. The molecule has 1 amide bonds. The zero-order valence-corrected chi connectivity index (χ0v) is 10.7. The molecule has 0 radical (unpaired) electrons. The molecule has 0 saturated heterocycles. The van der Waals surface area contributed by atoms with Crippen molar-refractivity contribution >= 4 is 5.91 Å². The summed E-state index contributed by atoms with van der Waals surface area (Å²) < 4.78 is 0. The van der Waals surface area contributed by atoms with Crippen molar-refractivity contribution in [2.75, 3.05) is 6.61 Å². The second-order valence-corrected chi connectivity index (χ2v) is 4.61. The lowest BCUT2D eigenvalue weighted by Crippen LogP contribution is -2.40. The van der Waals surface area contributed by atoms with Crippen molar-refractivity contribution < 1.29 is 9.90 Å². The zero-order valence-electron chi connectivity index (χ0n) is 10.7. The van der Waals surface area contributed by atoms with Gasteiger partial charge in [-0.25, -0.2) is 0 Å². The fourth-order valence-corrected chi connectivity index (χ4v) is 1.50. The van der Waals surface area contributed by atoms with Gasteiger partial charge in [0.1, 0.15) is 0 Å². The van der Waals surface area contributed by atoms with Crippen LogP contribution in [-0.2, 0) is 4.79 Å². The number of rotatable bonds is 8. The van der Waals surface area contributed by atoms with E-state index in [0.29, 0.717) is 0 Å². The number of nitrogens with one attached hydrogen (secondary N) is 1. The topological polar surface area (TPSA) is 75.3 Å². The predicted octanol–water partition coefficient (Wildman–Crippen LogP) is 1.03. The summed E-state index contributed by atoms with van der Waals surface area (Å²) in [5, 5.41) is 11.8. The lowest BCUT2D eigenvalue weighted by molar-refractivity contribution is -0.125. The summed E-state index contributed by atoms with van der Waals surface area (Å²) in [5.74, 6) is 0.0323. The Morgan fingerprint density at radius 2 is 2.00 bits per heavy atom. The van der Waals surface area contributed by atoms with E-state index in [-0.39, 0.29) is 30.5 Å². The van der Waals surface area contributed by atoms with Crippen LogP contribution >= 0.6 is 0 Å². The van der Waals surface area contributed by atoms with Gasteiger partial charge in [-0.1, -0.05) is 20.3 Å². The first kappa shape index (κ1) is 15.4. The van der Waals surface area contributed by atoms with E-state index in [4.69, 9.17) is 10.8 Å². The van der Waals surface area contributed by atoms with Crippen molar-refractivity contribution in [1.82, 2.24) is 5.32 Å². The number of carbonyl (C=O) groups excluding carboxylic acids is 1. The van der Waals surface area contributed by atoms with Crippen molar-refractivity contribution in [2.45, 2.75) is 58.5 Å². The molecule has 16 heavy (non-hydrogen) atoms. The molecule has 4 heteroatoms. The molecule has 0 aromatic heterocycles. The van der Waals surface area contributed by atoms with Crippen LogP contribution in [0.15, 0.2) is 0 Å². The molecule has 0 rings (SSSR count). The van der Waals surface area contributed by atoms with E-state index in [1.165, 1.54) is 0 Å². The molecule has 4 nitrogen and oxygen atoms in total. The highest BCUT2D eigenvalue weighted by atomic mass is 16.3. The Labute approximate surface area is 98.6 Å². The third-order valence-corrected chi connectivity index (χ3v) is 2.80. The monoisotopic (exact) mass is 230 g/mol. The summed E-state index contributed by atoms with van der Waals surface area (Å²) in [6, 6.07) is 0.0967. The molecule has 0 aliphatic carbocycles. The number of nitrogens with two attached hydrogens (primary N) is 1. The second kappa shape index (κ2) is 8.53. The number of hydrogen-bond acceptors (Lipinski definition) is 3. The molecule has 0 aromatic rings. The van der Waals surface area contributed by atoms with Gasteiger partial charge in [0.05, 0.1) is 12.6 Å². The minimum atomic E-state index is -0.108. The average molecular weight is 230 g/mol. The molecule has 0 aromatic carbocycles. The van der Waals surface area contributed by atoms with E-state index >= 15 is 0 Å². The van der Waals surface area contributed by atoms with Gasteiger partial charge in [0.15, 0.2) is 0 Å². The molecule has 96 valence electrons. The van der Waals surface area contributed by atoms with E-state index in [9.17, 15) is 4.79 Å². The van der Waals surface area contributed by atoms with Crippen molar-refractivity contribution in [3.63, 3.8) is 0 Å². The highest BCUT2D eigenvalue weighted by molar-refractivity contribution is 5.78. The van der Waals surface area contributed by atoms with E-state index in [0.717, 1.165) is 25.7 Å². The smallest absolute Gasteiger partial charge is 0.223 e. The van der Waals surface area contributed by atoms with E-state index in [1.54, 1.807) is 0 Å². The quantitative estimate of drug-likeness (QED) is 0.583. The zero-order chi connectivity index (χ0) is 12.6. The normalized spacial score (nSPS) is 16.6. The van der Waals surface area contributed by atoms with Crippen molar-refractivity contribution in [2.24, 2.45) is 11.7 Å². The van der Waals surface area contributed by atoms with Crippen LogP contribution in [0.2, 0.25) is 0 Å². The van der Waals surface area contributed by atoms with E-state index < -0.39 is 0 Å². The van der Waals surface area contributed by atoms with Gasteiger partial charge in [-0.15, -0.1) is 0 Å². The number of hydrogen-bond donors (Lipinski definition) is 3. The van der Waals surface area contributed by atoms with Crippen LogP contribution < -0.4 is 11.1 Å². The SMILES string of the molecule is CC[C@H](CO)NC(=O)C(C)CCCC(C)N. The number of amides is 1. The number of aliphatic hydroxyl groups excluding tert-OH is 1. The van der Waals surface area contributed by atoms with Crippen LogP contribution in [0.4, 0.5) is 0 Å². The molecule has 0 fully saturated rings. The number of carbonyl (C=O) groups is 1. The Balaban J connectivity index is 3.80. The van der Waals surface area contributed by atoms with Gasteiger partial charge in [-0.3, -0.25) is 4.79 Å². The van der Waals surface area contributed by atoms with E-state index in [2.05, 4.69) is 5.32 Å². The van der Waals surface area contributed by atoms with Crippen molar-refractivity contribution in [1.29, 1.82) is 0 Å². The van der Waals surface area contributed by atoms with Gasteiger partial charge >= 0.3 is 0 Å². The van der Waals surface area contributed by atoms with Gasteiger partial charge in [0.2, 0.25) is 5.91 Å². The maximum Gasteiger partial charge on any atom is 0.223 e. The van der Waals surface area contributed by atoms with Crippen LogP contribution in [0.5, 0.6) is 0 Å². The Morgan fingerprint density at radius 1 is 1.38 bits per heavy atom. The summed E-state index contributed by atoms with van der Waals surface area (Å²) in [7, 11) is 0. The van der Waals surface area contributed by atoms with Gasteiger partial charge in [0.25, 0.3) is 0 Å². The first-order valence-corrected chi connectivity index (χ1v) is 6.18. The Kier molecular flexibility index (Phi) is 8.21. The molecule has 3 atom stereocenters. The fraction of sp³-hybridized carbons (Fsp3) is 0.917. The minimum Gasteiger partial charge on any atom is -0.394 e. The standard InChI is InChI=1S/C12H26N2O2/c1-4-11(8-15)14-12(16)9(2)6-5-7-10(3)13/h9-11,15H,4-8,13H2,1-3H3,(H,14,16)/t9?,10?,11-/m1/s1. The fourth-order valence-electron chi connectivity index (χ4n) is 1.50. The first-order valence-electron chi connectivity index (χ1n) is 6.18. The maximum absolute atomic E-state index is 11.7. The van der Waals surface area contributed by atoms with Crippen LogP contribution in [0.1, 0.15) is 46.5 Å². The van der Waals surface area contributed by atoms with Crippen molar-refractivity contribution in [3.8, 4) is 0 Å². The average Bonchev–Trinajstić information content (AvgIpc) is 2.24. The summed E-state index contributed by atoms with van der Waals surface area (Å²) in [6.07, 6.45) is 3.54. The highest BCUT2D eigenvalue weighted by Gasteiger charge is 2.15. The maximum atomic E-state index is 11.7. The van der Waals surface area contributed by atoms with Gasteiger partial charge in [-0.2, -0.15) is 0 Å². The second-order valence-electron chi connectivity index (χ2n) is 4.61. The van der Waals surface area contributed by atoms with Crippen LogP contribution in [-0.4, -0.2) is 29.7 Å². The Morgan fingerprint density at radius 3 is 2.44 bits per heavy atom. The molecular weight excluding hydrogens is 204 g/mol. The van der Waals surface area contributed by atoms with Gasteiger partial charge in [0, 0.05) is 12.0 Å². The van der Waals surface area contributed by atoms with Crippen molar-refractivity contribution in [3.05, 3.63) is 0 Å². The third-order valence-electron chi connectivity index (χ3n) is 2.80. The third kappa shape index (κ3) is 6.80. The minimum absolute atomic E-state index is 0.000602. The summed E-state index contributed by atoms with van der Waals surface area (Å²) in [4.78, 5) is 11.7. The number of aliphatic hydroxyl groups is 1. The van der Waals surface area contributed by atoms with Crippen LogP contribution in [0, 0.1) is 5.92 Å². The summed E-state index contributed by atoms with van der Waals surface area (Å²) >= 11 is 0. The molecule has 0 aliphatic heterocycles. The lowest BCUT2D eigenvalue weighted by atomic mass is 10.0. The van der Waals surface area contributed by atoms with E-state index in [1.807, 2.05) is 20.8 Å². The molecule has 0 bridgehead atoms. The largest absolute Gasteiger partial charge is 0.394 e. The molecule has 0 spiro atoms. The molecule has 4 N–H and O–H groups in total.